The second-order valence-corrected chi connectivity index (χ2v) is 13.4. The standard InChI is InChI=1S/C27H30N2O4S2/c1-19(29-23-6-2-3-7-23)20-11-14-24(15-12-20)34(30,31)25-16-13-22(21-9-10-21)18-26(25)35(32,33)27-8-4-5-17-28-27/h4-5,8,11-19,21,23,29H,2-3,6-7,9-10H2,1H3/t19-/m0/s1. The van der Waals surface area contributed by atoms with E-state index in [-0.39, 0.29) is 31.7 Å². The van der Waals surface area contributed by atoms with Crippen LogP contribution in [-0.2, 0) is 19.7 Å². The Morgan fingerprint density at radius 3 is 2.17 bits per heavy atom. The van der Waals surface area contributed by atoms with Crippen LogP contribution >= 0.6 is 0 Å². The minimum atomic E-state index is -4.12. The van der Waals surface area contributed by atoms with Gasteiger partial charge in [-0.25, -0.2) is 21.8 Å². The molecule has 0 unspecified atom stereocenters. The molecule has 2 aliphatic carbocycles. The highest BCUT2D eigenvalue weighted by molar-refractivity contribution is 7.94. The van der Waals surface area contributed by atoms with Crippen LogP contribution in [0.2, 0.25) is 0 Å². The maximum absolute atomic E-state index is 13.7. The van der Waals surface area contributed by atoms with E-state index >= 15 is 0 Å². The van der Waals surface area contributed by atoms with Crippen molar-refractivity contribution in [3.05, 3.63) is 78.0 Å². The first kappa shape index (κ1) is 24.2. The Morgan fingerprint density at radius 1 is 0.829 bits per heavy atom. The summed E-state index contributed by atoms with van der Waals surface area (Å²) in [6, 6.07) is 16.7. The van der Waals surface area contributed by atoms with Crippen molar-refractivity contribution >= 4 is 19.7 Å². The van der Waals surface area contributed by atoms with Gasteiger partial charge in [0.2, 0.25) is 19.7 Å². The summed E-state index contributed by atoms with van der Waals surface area (Å²) in [5, 5.41) is 3.46. The number of hydrogen-bond donors (Lipinski definition) is 1. The van der Waals surface area contributed by atoms with E-state index in [0.29, 0.717) is 6.04 Å². The van der Waals surface area contributed by atoms with Crippen molar-refractivity contribution < 1.29 is 16.8 Å². The normalized spacial score (nSPS) is 18.0. The fourth-order valence-corrected chi connectivity index (χ4v) is 8.14. The molecule has 2 aliphatic rings. The van der Waals surface area contributed by atoms with E-state index in [1.54, 1.807) is 30.3 Å². The molecule has 1 atom stereocenters. The molecule has 8 heteroatoms. The molecule has 0 spiro atoms. The molecule has 0 aliphatic heterocycles. The zero-order valence-electron chi connectivity index (χ0n) is 19.7. The first-order valence-electron chi connectivity index (χ1n) is 12.2. The second-order valence-electron chi connectivity index (χ2n) is 9.59. The van der Waals surface area contributed by atoms with Gasteiger partial charge in [0.15, 0.2) is 5.03 Å². The smallest absolute Gasteiger partial charge is 0.225 e. The average molecular weight is 511 g/mol. The lowest BCUT2D eigenvalue weighted by atomic mass is 10.1. The van der Waals surface area contributed by atoms with Crippen molar-refractivity contribution in [2.45, 2.75) is 83.2 Å². The van der Waals surface area contributed by atoms with Crippen LogP contribution < -0.4 is 5.32 Å². The molecular weight excluding hydrogens is 480 g/mol. The van der Waals surface area contributed by atoms with Gasteiger partial charge in [0.25, 0.3) is 0 Å². The van der Waals surface area contributed by atoms with E-state index in [2.05, 4.69) is 17.2 Å². The van der Waals surface area contributed by atoms with Gasteiger partial charge in [0.1, 0.15) is 0 Å². The molecule has 1 heterocycles. The highest BCUT2D eigenvalue weighted by Gasteiger charge is 2.33. The summed E-state index contributed by atoms with van der Waals surface area (Å²) in [5.74, 6) is 0.276. The lowest BCUT2D eigenvalue weighted by Crippen LogP contribution is -2.28. The topological polar surface area (TPSA) is 93.2 Å². The monoisotopic (exact) mass is 510 g/mol. The predicted molar refractivity (Wildman–Crippen MR) is 134 cm³/mol. The molecule has 2 fully saturated rings. The quantitative estimate of drug-likeness (QED) is 0.447. The van der Waals surface area contributed by atoms with Crippen LogP contribution in [0.25, 0.3) is 0 Å². The number of benzene rings is 2. The summed E-state index contributed by atoms with van der Waals surface area (Å²) >= 11 is 0. The molecule has 5 rings (SSSR count). The van der Waals surface area contributed by atoms with Crippen LogP contribution in [0.4, 0.5) is 0 Å². The van der Waals surface area contributed by atoms with Gasteiger partial charge in [-0.2, -0.15) is 0 Å². The minimum Gasteiger partial charge on any atom is -0.307 e. The SMILES string of the molecule is C[C@H](NC1CCCC1)c1ccc(S(=O)(=O)c2ccc(C3CC3)cc2S(=O)(=O)c2ccccn2)cc1. The highest BCUT2D eigenvalue weighted by Crippen LogP contribution is 2.42. The van der Waals surface area contributed by atoms with Crippen LogP contribution in [0.1, 0.15) is 68.5 Å². The molecule has 0 bridgehead atoms. The fourth-order valence-electron chi connectivity index (χ4n) is 4.85. The van der Waals surface area contributed by atoms with E-state index < -0.39 is 19.7 Å². The Balaban J connectivity index is 1.51. The number of sulfone groups is 2. The lowest BCUT2D eigenvalue weighted by Gasteiger charge is -2.20. The molecule has 184 valence electrons. The Morgan fingerprint density at radius 2 is 1.54 bits per heavy atom. The van der Waals surface area contributed by atoms with Crippen molar-refractivity contribution in [1.29, 1.82) is 0 Å². The predicted octanol–water partition coefficient (Wildman–Crippen LogP) is 5.22. The molecule has 1 aromatic heterocycles. The first-order chi connectivity index (χ1) is 16.8. The Hall–Kier alpha value is -2.55. The summed E-state index contributed by atoms with van der Waals surface area (Å²) < 4.78 is 54.4. The van der Waals surface area contributed by atoms with Gasteiger partial charge in [0, 0.05) is 18.3 Å². The van der Waals surface area contributed by atoms with E-state index in [1.165, 1.54) is 50.1 Å². The number of nitrogens with one attached hydrogen (secondary N) is 1. The molecule has 2 saturated carbocycles. The first-order valence-corrected chi connectivity index (χ1v) is 15.1. The van der Waals surface area contributed by atoms with Gasteiger partial charge in [0.05, 0.1) is 14.7 Å². The van der Waals surface area contributed by atoms with Crippen LogP contribution in [-0.4, -0.2) is 27.9 Å². The Labute approximate surface area is 207 Å². The van der Waals surface area contributed by atoms with Crippen molar-refractivity contribution in [3.63, 3.8) is 0 Å². The molecule has 35 heavy (non-hydrogen) atoms. The molecule has 3 aromatic rings. The fraction of sp³-hybridized carbons (Fsp3) is 0.370. The van der Waals surface area contributed by atoms with E-state index in [1.807, 2.05) is 12.1 Å². The lowest BCUT2D eigenvalue weighted by molar-refractivity contribution is 0.461. The van der Waals surface area contributed by atoms with E-state index in [4.69, 9.17) is 0 Å². The number of nitrogens with zero attached hydrogens (tertiary/aromatic N) is 1. The second kappa shape index (κ2) is 9.48. The van der Waals surface area contributed by atoms with Gasteiger partial charge in [-0.05, 0) is 86.1 Å². The van der Waals surface area contributed by atoms with Gasteiger partial charge in [-0.1, -0.05) is 37.1 Å². The van der Waals surface area contributed by atoms with Gasteiger partial charge >= 0.3 is 0 Å². The number of aromatic nitrogens is 1. The largest absolute Gasteiger partial charge is 0.307 e. The number of rotatable bonds is 8. The van der Waals surface area contributed by atoms with E-state index in [0.717, 1.165) is 24.0 Å². The van der Waals surface area contributed by atoms with Gasteiger partial charge in [-0.15, -0.1) is 0 Å². The number of pyridine rings is 1. The summed E-state index contributed by atoms with van der Waals surface area (Å²) in [5.41, 5.74) is 1.85. The maximum Gasteiger partial charge on any atom is 0.225 e. The van der Waals surface area contributed by atoms with Gasteiger partial charge < -0.3 is 5.32 Å². The molecular formula is C27H30N2O4S2. The van der Waals surface area contributed by atoms with Crippen molar-refractivity contribution in [3.8, 4) is 0 Å². The number of hydrogen-bond acceptors (Lipinski definition) is 6. The zero-order valence-corrected chi connectivity index (χ0v) is 21.4. The van der Waals surface area contributed by atoms with Crippen molar-refractivity contribution in [1.82, 2.24) is 10.3 Å². The third-order valence-electron chi connectivity index (χ3n) is 7.04. The molecule has 1 N–H and O–H groups in total. The molecule has 2 aromatic carbocycles. The average Bonchev–Trinajstić information content (AvgIpc) is 3.61. The zero-order chi connectivity index (χ0) is 24.6. The summed E-state index contributed by atoms with van der Waals surface area (Å²) in [6.45, 7) is 2.08. The van der Waals surface area contributed by atoms with Crippen LogP contribution in [0.5, 0.6) is 0 Å². The summed E-state index contributed by atoms with van der Waals surface area (Å²) in [7, 11) is -8.20. The third kappa shape index (κ3) is 4.92. The third-order valence-corrected chi connectivity index (χ3v) is 10.7. The van der Waals surface area contributed by atoms with Crippen molar-refractivity contribution in [2.75, 3.05) is 0 Å². The molecule has 6 nitrogen and oxygen atoms in total. The van der Waals surface area contributed by atoms with Crippen LogP contribution in [0.3, 0.4) is 0 Å². The van der Waals surface area contributed by atoms with Crippen molar-refractivity contribution in [2.24, 2.45) is 0 Å². The molecule has 0 amide bonds. The highest BCUT2D eigenvalue weighted by atomic mass is 32.2. The Kier molecular flexibility index (Phi) is 6.55. The summed E-state index contributed by atoms with van der Waals surface area (Å²) in [4.78, 5) is 3.65. The summed E-state index contributed by atoms with van der Waals surface area (Å²) in [6.07, 6.45) is 8.16. The molecule has 0 saturated heterocycles. The minimum absolute atomic E-state index is 0.0750. The maximum atomic E-state index is 13.7. The van der Waals surface area contributed by atoms with Crippen LogP contribution in [0.15, 0.2) is 86.6 Å². The van der Waals surface area contributed by atoms with E-state index in [9.17, 15) is 16.8 Å². The van der Waals surface area contributed by atoms with Gasteiger partial charge in [-0.3, -0.25) is 0 Å². The van der Waals surface area contributed by atoms with Crippen LogP contribution in [0, 0.1) is 0 Å². The Bertz CT molecular complexity index is 1410. The molecule has 0 radical (unpaired) electrons.